The van der Waals surface area contributed by atoms with Crippen molar-refractivity contribution < 1.29 is 27.2 Å². The number of hydrogen-bond donors (Lipinski definition) is 1. The second-order valence-corrected chi connectivity index (χ2v) is 5.51. The quantitative estimate of drug-likeness (QED) is 0.871. The van der Waals surface area contributed by atoms with Crippen LogP contribution >= 0.6 is 11.6 Å². The molecule has 0 saturated carbocycles. The summed E-state index contributed by atoms with van der Waals surface area (Å²) in [5.41, 5.74) is 1.25. The van der Waals surface area contributed by atoms with Gasteiger partial charge >= 0.3 is 6.18 Å². The molecule has 0 bridgehead atoms. The molecule has 1 N–H and O–H groups in total. The first-order valence-corrected chi connectivity index (χ1v) is 7.24. The topological polar surface area (TPSA) is 64.4 Å². The van der Waals surface area contributed by atoms with Crippen LogP contribution in [0, 0.1) is 13.8 Å². The lowest BCUT2D eigenvalue weighted by atomic mass is 10.1. The standard InChI is InChI=1S/C15H14ClF3N2O3/c1-8-11(9(2)24-21-8)6-14(22)20-12-5-10(16)3-4-13(12)23-7-15(17,18)19/h3-5H,6-7H2,1-2H3,(H,20,22). The first-order valence-electron chi connectivity index (χ1n) is 6.86. The lowest BCUT2D eigenvalue weighted by Crippen LogP contribution is -2.21. The number of amides is 1. The monoisotopic (exact) mass is 362 g/mol. The number of alkyl halides is 3. The molecule has 0 unspecified atom stereocenters. The van der Waals surface area contributed by atoms with Gasteiger partial charge in [-0.25, -0.2) is 0 Å². The fraction of sp³-hybridized carbons (Fsp3) is 0.333. The summed E-state index contributed by atoms with van der Waals surface area (Å²) < 4.78 is 46.6. The van der Waals surface area contributed by atoms with Gasteiger partial charge in [0.05, 0.1) is 17.8 Å². The number of aromatic nitrogens is 1. The molecule has 1 amide bonds. The zero-order valence-electron chi connectivity index (χ0n) is 12.8. The number of ether oxygens (including phenoxy) is 1. The highest BCUT2D eigenvalue weighted by Gasteiger charge is 2.29. The molecule has 0 radical (unpaired) electrons. The zero-order valence-corrected chi connectivity index (χ0v) is 13.6. The molecular weight excluding hydrogens is 349 g/mol. The molecule has 0 aliphatic rings. The van der Waals surface area contributed by atoms with Crippen LogP contribution in [0.3, 0.4) is 0 Å². The number of anilines is 1. The largest absolute Gasteiger partial charge is 0.482 e. The predicted octanol–water partition coefficient (Wildman–Crippen LogP) is 4.07. The zero-order chi connectivity index (χ0) is 17.9. The van der Waals surface area contributed by atoms with E-state index in [0.29, 0.717) is 17.0 Å². The summed E-state index contributed by atoms with van der Waals surface area (Å²) in [5, 5.41) is 6.49. The summed E-state index contributed by atoms with van der Waals surface area (Å²) in [6, 6.07) is 3.95. The van der Waals surface area contributed by atoms with Crippen molar-refractivity contribution in [2.75, 3.05) is 11.9 Å². The lowest BCUT2D eigenvalue weighted by Gasteiger charge is -2.14. The molecular formula is C15H14ClF3N2O3. The maximum absolute atomic E-state index is 12.3. The second kappa shape index (κ2) is 7.12. The Balaban J connectivity index is 2.13. The Bertz CT molecular complexity index is 725. The first kappa shape index (κ1) is 18.1. The number of nitrogens with zero attached hydrogens (tertiary/aromatic N) is 1. The van der Waals surface area contributed by atoms with Crippen molar-refractivity contribution in [3.63, 3.8) is 0 Å². The fourth-order valence-electron chi connectivity index (χ4n) is 1.99. The third-order valence-electron chi connectivity index (χ3n) is 3.13. The number of carbonyl (C=O) groups excluding carboxylic acids is 1. The van der Waals surface area contributed by atoms with E-state index in [2.05, 4.69) is 10.5 Å². The van der Waals surface area contributed by atoms with Gasteiger partial charge < -0.3 is 14.6 Å². The molecule has 0 aliphatic heterocycles. The van der Waals surface area contributed by atoms with E-state index in [4.69, 9.17) is 20.9 Å². The molecule has 24 heavy (non-hydrogen) atoms. The van der Waals surface area contributed by atoms with Gasteiger partial charge in [0.2, 0.25) is 5.91 Å². The van der Waals surface area contributed by atoms with E-state index in [9.17, 15) is 18.0 Å². The molecule has 0 aliphatic carbocycles. The lowest BCUT2D eigenvalue weighted by molar-refractivity contribution is -0.153. The van der Waals surface area contributed by atoms with Crippen LogP contribution in [0.2, 0.25) is 5.02 Å². The molecule has 2 aromatic rings. The highest BCUT2D eigenvalue weighted by molar-refractivity contribution is 6.31. The molecule has 1 heterocycles. The SMILES string of the molecule is Cc1noc(C)c1CC(=O)Nc1cc(Cl)ccc1OCC(F)(F)F. The number of halogens is 4. The summed E-state index contributed by atoms with van der Waals surface area (Å²) in [7, 11) is 0. The van der Waals surface area contributed by atoms with Crippen LogP contribution in [0.15, 0.2) is 22.7 Å². The van der Waals surface area contributed by atoms with Gasteiger partial charge in [-0.15, -0.1) is 0 Å². The predicted molar refractivity (Wildman–Crippen MR) is 81.3 cm³/mol. The van der Waals surface area contributed by atoms with Gasteiger partial charge in [-0.1, -0.05) is 16.8 Å². The number of hydrogen-bond acceptors (Lipinski definition) is 4. The van der Waals surface area contributed by atoms with Crippen molar-refractivity contribution in [1.82, 2.24) is 5.16 Å². The van der Waals surface area contributed by atoms with Gasteiger partial charge in [0, 0.05) is 10.6 Å². The van der Waals surface area contributed by atoms with Crippen LogP contribution in [-0.2, 0) is 11.2 Å². The van der Waals surface area contributed by atoms with Crippen molar-refractivity contribution in [1.29, 1.82) is 0 Å². The summed E-state index contributed by atoms with van der Waals surface area (Å²) in [6.45, 7) is 1.89. The third kappa shape index (κ3) is 4.89. The van der Waals surface area contributed by atoms with Crippen molar-refractivity contribution in [2.45, 2.75) is 26.4 Å². The van der Waals surface area contributed by atoms with E-state index in [-0.39, 0.29) is 22.9 Å². The molecule has 130 valence electrons. The average molecular weight is 363 g/mol. The third-order valence-corrected chi connectivity index (χ3v) is 3.36. The number of carbonyl (C=O) groups is 1. The van der Waals surface area contributed by atoms with Crippen LogP contribution in [0.5, 0.6) is 5.75 Å². The van der Waals surface area contributed by atoms with Crippen molar-refractivity contribution in [3.8, 4) is 5.75 Å². The van der Waals surface area contributed by atoms with Gasteiger partial charge in [0.25, 0.3) is 0 Å². The van der Waals surface area contributed by atoms with Crippen molar-refractivity contribution in [3.05, 3.63) is 40.2 Å². The van der Waals surface area contributed by atoms with Crippen molar-refractivity contribution in [2.24, 2.45) is 0 Å². The molecule has 0 fully saturated rings. The normalized spacial score (nSPS) is 11.4. The maximum Gasteiger partial charge on any atom is 0.422 e. The molecule has 9 heteroatoms. The first-order chi connectivity index (χ1) is 11.2. The van der Waals surface area contributed by atoms with Crippen LogP contribution in [-0.4, -0.2) is 23.8 Å². The summed E-state index contributed by atoms with van der Waals surface area (Å²) in [4.78, 5) is 12.1. The molecule has 0 atom stereocenters. The Morgan fingerprint density at radius 2 is 2.08 bits per heavy atom. The van der Waals surface area contributed by atoms with E-state index in [1.165, 1.54) is 18.2 Å². The van der Waals surface area contributed by atoms with E-state index >= 15 is 0 Å². The van der Waals surface area contributed by atoms with Gasteiger partial charge in [-0.05, 0) is 32.0 Å². The maximum atomic E-state index is 12.3. The highest BCUT2D eigenvalue weighted by atomic mass is 35.5. The van der Waals surface area contributed by atoms with Gasteiger partial charge in [0.1, 0.15) is 11.5 Å². The summed E-state index contributed by atoms with van der Waals surface area (Å²) >= 11 is 5.83. The number of aryl methyl sites for hydroxylation is 2. The van der Waals surface area contributed by atoms with E-state index < -0.39 is 18.7 Å². The average Bonchev–Trinajstić information content (AvgIpc) is 2.77. The van der Waals surface area contributed by atoms with E-state index in [1.807, 2.05) is 0 Å². The van der Waals surface area contributed by atoms with Crippen molar-refractivity contribution >= 4 is 23.2 Å². The van der Waals surface area contributed by atoms with Crippen LogP contribution in [0.4, 0.5) is 18.9 Å². The summed E-state index contributed by atoms with van der Waals surface area (Å²) in [6.07, 6.45) is -4.52. The molecule has 1 aromatic heterocycles. The van der Waals surface area contributed by atoms with Gasteiger partial charge in [-0.2, -0.15) is 13.2 Å². The molecule has 2 rings (SSSR count). The van der Waals surface area contributed by atoms with E-state index in [0.717, 1.165) is 0 Å². The minimum absolute atomic E-state index is 0.0353. The second-order valence-electron chi connectivity index (χ2n) is 5.07. The van der Waals surface area contributed by atoms with E-state index in [1.54, 1.807) is 13.8 Å². The van der Waals surface area contributed by atoms with Gasteiger partial charge in [-0.3, -0.25) is 4.79 Å². The Morgan fingerprint density at radius 1 is 1.38 bits per heavy atom. The highest BCUT2D eigenvalue weighted by Crippen LogP contribution is 2.30. The molecule has 5 nitrogen and oxygen atoms in total. The smallest absolute Gasteiger partial charge is 0.422 e. The summed E-state index contributed by atoms with van der Waals surface area (Å²) in [5.74, 6) is -0.0744. The van der Waals surface area contributed by atoms with Gasteiger partial charge in [0.15, 0.2) is 6.61 Å². The Labute approximate surface area is 140 Å². The van der Waals surface area contributed by atoms with Crippen LogP contribution in [0.25, 0.3) is 0 Å². The Kier molecular flexibility index (Phi) is 5.38. The van der Waals surface area contributed by atoms with Crippen LogP contribution in [0.1, 0.15) is 17.0 Å². The number of nitrogens with one attached hydrogen (secondary N) is 1. The van der Waals surface area contributed by atoms with Crippen LogP contribution < -0.4 is 10.1 Å². The molecule has 0 saturated heterocycles. The fourth-order valence-corrected chi connectivity index (χ4v) is 2.17. The molecule has 0 spiro atoms. The minimum Gasteiger partial charge on any atom is -0.482 e. The number of benzene rings is 1. The number of rotatable bonds is 5. The Hall–Kier alpha value is -2.22. The molecule has 1 aromatic carbocycles. The Morgan fingerprint density at radius 3 is 2.67 bits per heavy atom. The minimum atomic E-state index is -4.49.